The summed E-state index contributed by atoms with van der Waals surface area (Å²) in [4.78, 5) is 59.3. The lowest BCUT2D eigenvalue weighted by atomic mass is 9.83. The number of hydrazine groups is 1. The third kappa shape index (κ3) is 13.1. The lowest BCUT2D eigenvalue weighted by molar-refractivity contribution is -0.132. The second kappa shape index (κ2) is 20.7. The second-order valence-corrected chi connectivity index (χ2v) is 16.1. The highest BCUT2D eigenvalue weighted by Crippen LogP contribution is 2.28. The number of aryl methyl sites for hydroxylation is 1. The maximum atomic E-state index is 14.6. The van der Waals surface area contributed by atoms with E-state index in [1.54, 1.807) is 28.1 Å². The van der Waals surface area contributed by atoms with Crippen LogP contribution in [0.2, 0.25) is 10.0 Å². The molecule has 13 nitrogen and oxygen atoms in total. The van der Waals surface area contributed by atoms with Crippen molar-refractivity contribution in [2.45, 2.75) is 85.2 Å². The Morgan fingerprint density at radius 2 is 1.80 bits per heavy atom. The van der Waals surface area contributed by atoms with Crippen LogP contribution in [0.5, 0.6) is 0 Å². The molecule has 5 N–H and O–H groups in total. The molecular weight excluding hydrogens is 757 g/mol. The smallest absolute Gasteiger partial charge is 0.406 e. The van der Waals surface area contributed by atoms with Gasteiger partial charge in [-0.25, -0.2) is 14.6 Å². The Bertz CT molecular complexity index is 1800. The summed E-state index contributed by atoms with van der Waals surface area (Å²) in [5, 5.41) is 23.1. The molecule has 1 fully saturated rings. The van der Waals surface area contributed by atoms with Crippen molar-refractivity contribution in [3.8, 4) is 0 Å². The van der Waals surface area contributed by atoms with Crippen LogP contribution in [0.1, 0.15) is 63.1 Å². The van der Waals surface area contributed by atoms with E-state index in [0.29, 0.717) is 22.9 Å². The van der Waals surface area contributed by atoms with Gasteiger partial charge in [0.15, 0.2) is 0 Å². The summed E-state index contributed by atoms with van der Waals surface area (Å²) in [5.74, 6) is -1.36. The van der Waals surface area contributed by atoms with Gasteiger partial charge in [0.1, 0.15) is 0 Å². The summed E-state index contributed by atoms with van der Waals surface area (Å²) < 4.78 is 4.68. The molecule has 0 bridgehead atoms. The zero-order valence-corrected chi connectivity index (χ0v) is 34.5. The summed E-state index contributed by atoms with van der Waals surface area (Å²) in [7, 11) is 1.27. The number of nitrogens with zero attached hydrogens (tertiary/aromatic N) is 3. The molecular formula is C41H55Cl2N7O6. The molecule has 56 heavy (non-hydrogen) atoms. The van der Waals surface area contributed by atoms with Gasteiger partial charge >= 0.3 is 12.1 Å². The molecule has 2 heterocycles. The predicted molar refractivity (Wildman–Crippen MR) is 217 cm³/mol. The Morgan fingerprint density at radius 1 is 1.07 bits per heavy atom. The number of rotatable bonds is 19. The van der Waals surface area contributed by atoms with Crippen molar-refractivity contribution < 1.29 is 29.0 Å². The third-order valence-corrected chi connectivity index (χ3v) is 10.8. The van der Waals surface area contributed by atoms with Crippen molar-refractivity contribution in [2.75, 3.05) is 26.7 Å². The van der Waals surface area contributed by atoms with Crippen LogP contribution < -0.4 is 21.4 Å². The first kappa shape index (κ1) is 44.3. The predicted octanol–water partition coefficient (Wildman–Crippen LogP) is 5.65. The van der Waals surface area contributed by atoms with Crippen LogP contribution in [0.15, 0.2) is 66.7 Å². The standard InChI is InChI=1S/C41H55Cl2N7O6/c1-7-26(2)37(34-21-44-39(54)50(34)23-30-15-11-12-27(3)46-30)38(53)47-33(19-28-13-9-8-10-14-28)35(51)24-49(22-29-16-17-31(42)32(43)18-29)48-36(52)20-41(4,5)25-45-40(55)56-6/h8-18,26,33-35,37,51H,7,19-25H2,1-6H3,(H,44,54)(H,45,55)(H,47,53)(H,48,52). The fourth-order valence-electron chi connectivity index (χ4n) is 6.88. The number of halogens is 2. The number of aliphatic hydroxyl groups excluding tert-OH is 1. The number of amides is 5. The number of carbonyl (C=O) groups excluding carboxylic acids is 4. The van der Waals surface area contributed by atoms with Crippen molar-refractivity contribution in [1.29, 1.82) is 0 Å². The molecule has 5 amide bonds. The number of hydrogen-bond acceptors (Lipinski definition) is 8. The number of carbonyl (C=O) groups is 4. The van der Waals surface area contributed by atoms with E-state index in [1.807, 2.05) is 83.1 Å². The van der Waals surface area contributed by atoms with Crippen molar-refractivity contribution >= 4 is 47.1 Å². The molecule has 1 aliphatic rings. The van der Waals surface area contributed by atoms with Gasteiger partial charge < -0.3 is 30.7 Å². The molecule has 1 aliphatic heterocycles. The Hall–Kier alpha value is -4.43. The Balaban J connectivity index is 1.60. The summed E-state index contributed by atoms with van der Waals surface area (Å²) in [6.07, 6.45) is -0.767. The number of hydrogen-bond donors (Lipinski definition) is 5. The SMILES string of the molecule is CCC(C)C(C(=O)NC(Cc1ccccc1)C(O)CN(Cc1ccc(Cl)c(Cl)c1)NC(=O)CC(C)(C)CNC(=O)OC)C1CNC(=O)N1Cc1cccc(C)n1. The van der Waals surface area contributed by atoms with Crippen LogP contribution in [-0.4, -0.2) is 88.9 Å². The molecule has 5 atom stereocenters. The molecule has 304 valence electrons. The Labute approximate surface area is 339 Å². The largest absolute Gasteiger partial charge is 0.453 e. The molecule has 0 radical (unpaired) electrons. The van der Waals surface area contributed by atoms with Gasteiger partial charge in [-0.05, 0) is 60.1 Å². The second-order valence-electron chi connectivity index (χ2n) is 15.3. The Kier molecular flexibility index (Phi) is 16.3. The molecule has 15 heteroatoms. The normalized spacial score (nSPS) is 16.4. The molecule has 1 aromatic heterocycles. The summed E-state index contributed by atoms with van der Waals surface area (Å²) in [6.45, 7) is 10.4. The minimum absolute atomic E-state index is 0.0362. The number of alkyl carbamates (subject to hydrolysis) is 1. The third-order valence-electron chi connectivity index (χ3n) is 10.1. The topological polar surface area (TPSA) is 165 Å². The van der Waals surface area contributed by atoms with Gasteiger partial charge in [0.05, 0.1) is 53.5 Å². The van der Waals surface area contributed by atoms with Crippen molar-refractivity contribution in [1.82, 2.24) is 36.3 Å². The maximum absolute atomic E-state index is 14.6. The monoisotopic (exact) mass is 811 g/mol. The highest BCUT2D eigenvalue weighted by Gasteiger charge is 2.43. The summed E-state index contributed by atoms with van der Waals surface area (Å²) in [6, 6.07) is 18.8. The van der Waals surface area contributed by atoms with Gasteiger partial charge in [0.25, 0.3) is 0 Å². The molecule has 5 unspecified atom stereocenters. The summed E-state index contributed by atoms with van der Waals surface area (Å²) >= 11 is 12.5. The molecule has 4 rings (SSSR count). The molecule has 3 aromatic rings. The first-order valence-corrected chi connectivity index (χ1v) is 19.6. The number of aromatic nitrogens is 1. The molecule has 0 saturated carbocycles. The maximum Gasteiger partial charge on any atom is 0.406 e. The minimum atomic E-state index is -1.18. The molecule has 0 aliphatic carbocycles. The van der Waals surface area contributed by atoms with Crippen molar-refractivity contribution in [3.05, 3.63) is 99.3 Å². The lowest BCUT2D eigenvalue weighted by Gasteiger charge is -2.36. The van der Waals surface area contributed by atoms with Crippen LogP contribution in [-0.2, 0) is 33.8 Å². The van der Waals surface area contributed by atoms with Crippen LogP contribution in [0.3, 0.4) is 0 Å². The van der Waals surface area contributed by atoms with Gasteiger partial charge in [-0.1, -0.05) is 99.8 Å². The number of urea groups is 1. The molecule has 2 aromatic carbocycles. The average molecular weight is 813 g/mol. The zero-order chi connectivity index (χ0) is 41.0. The van der Waals surface area contributed by atoms with Gasteiger partial charge in [-0.2, -0.15) is 0 Å². The Morgan fingerprint density at radius 3 is 2.46 bits per heavy atom. The quantitative estimate of drug-likeness (QED) is 0.0971. The lowest BCUT2D eigenvalue weighted by Crippen LogP contribution is -2.56. The van der Waals surface area contributed by atoms with Gasteiger partial charge in [0, 0.05) is 38.3 Å². The number of aliphatic hydroxyl groups is 1. The van der Waals surface area contributed by atoms with Gasteiger partial charge in [-0.15, -0.1) is 0 Å². The average Bonchev–Trinajstić information content (AvgIpc) is 3.50. The molecule has 0 spiro atoms. The van der Waals surface area contributed by atoms with E-state index in [9.17, 15) is 24.3 Å². The van der Waals surface area contributed by atoms with E-state index in [4.69, 9.17) is 23.2 Å². The van der Waals surface area contributed by atoms with Crippen LogP contribution in [0.4, 0.5) is 9.59 Å². The van der Waals surface area contributed by atoms with E-state index in [-0.39, 0.29) is 62.9 Å². The van der Waals surface area contributed by atoms with E-state index >= 15 is 0 Å². The number of nitrogens with one attached hydrogen (secondary N) is 4. The van der Waals surface area contributed by atoms with E-state index in [0.717, 1.165) is 22.5 Å². The van der Waals surface area contributed by atoms with E-state index in [2.05, 4.69) is 31.1 Å². The van der Waals surface area contributed by atoms with Gasteiger partial charge in [0.2, 0.25) is 11.8 Å². The van der Waals surface area contributed by atoms with E-state index < -0.39 is 35.6 Å². The molecule has 1 saturated heterocycles. The van der Waals surface area contributed by atoms with E-state index in [1.165, 1.54) is 7.11 Å². The fraction of sp³-hybridized carbons (Fsp3) is 0.488. The minimum Gasteiger partial charge on any atom is -0.453 e. The van der Waals surface area contributed by atoms with Crippen molar-refractivity contribution in [3.63, 3.8) is 0 Å². The van der Waals surface area contributed by atoms with Crippen LogP contribution in [0.25, 0.3) is 0 Å². The number of ether oxygens (including phenoxy) is 1. The van der Waals surface area contributed by atoms with Gasteiger partial charge in [-0.3, -0.25) is 20.0 Å². The first-order chi connectivity index (χ1) is 26.6. The number of methoxy groups -OCH3 is 1. The van der Waals surface area contributed by atoms with Crippen molar-refractivity contribution in [2.24, 2.45) is 17.3 Å². The first-order valence-electron chi connectivity index (χ1n) is 18.9. The highest BCUT2D eigenvalue weighted by atomic mass is 35.5. The van der Waals surface area contributed by atoms with Crippen LogP contribution >= 0.6 is 23.2 Å². The highest BCUT2D eigenvalue weighted by molar-refractivity contribution is 6.42. The number of benzene rings is 2. The zero-order valence-electron chi connectivity index (χ0n) is 33.0. The summed E-state index contributed by atoms with van der Waals surface area (Å²) in [5.41, 5.74) is 5.46. The fourth-order valence-corrected chi connectivity index (χ4v) is 7.20. The number of pyridine rings is 1. The van der Waals surface area contributed by atoms with Crippen LogP contribution in [0, 0.1) is 24.2 Å².